The molecule has 3 rings (SSSR count). The molecular weight excluding hydrogens is 332 g/mol. The van der Waals surface area contributed by atoms with Crippen molar-refractivity contribution in [1.29, 1.82) is 0 Å². The van der Waals surface area contributed by atoms with Crippen LogP contribution < -0.4 is 5.32 Å². The Labute approximate surface area is 152 Å². The molecule has 0 unspecified atom stereocenters. The zero-order valence-corrected chi connectivity index (χ0v) is 15.1. The molecule has 1 aliphatic heterocycles. The van der Waals surface area contributed by atoms with Gasteiger partial charge in [-0.25, -0.2) is 0 Å². The van der Waals surface area contributed by atoms with E-state index >= 15 is 0 Å². The van der Waals surface area contributed by atoms with Crippen LogP contribution in [0.5, 0.6) is 0 Å². The fourth-order valence-electron chi connectivity index (χ4n) is 2.96. The molecule has 1 aliphatic rings. The maximum absolute atomic E-state index is 12.4. The van der Waals surface area contributed by atoms with Crippen LogP contribution in [0, 0.1) is 0 Å². The van der Waals surface area contributed by atoms with Crippen molar-refractivity contribution in [2.45, 2.75) is 17.7 Å². The summed E-state index contributed by atoms with van der Waals surface area (Å²) in [6.07, 6.45) is 4.15. The van der Waals surface area contributed by atoms with E-state index in [4.69, 9.17) is 0 Å². The van der Waals surface area contributed by atoms with Gasteiger partial charge >= 0.3 is 0 Å². The van der Waals surface area contributed by atoms with E-state index in [0.717, 1.165) is 37.1 Å². The predicted octanol–water partition coefficient (Wildman–Crippen LogP) is 3.43. The highest BCUT2D eigenvalue weighted by molar-refractivity contribution is 7.98. The first-order valence-corrected chi connectivity index (χ1v) is 9.70. The van der Waals surface area contributed by atoms with Crippen molar-refractivity contribution >= 4 is 23.6 Å². The van der Waals surface area contributed by atoms with E-state index in [-0.39, 0.29) is 18.4 Å². The zero-order valence-electron chi connectivity index (χ0n) is 14.3. The molecule has 25 heavy (non-hydrogen) atoms. The number of rotatable bonds is 5. The van der Waals surface area contributed by atoms with E-state index in [9.17, 15) is 9.59 Å². The van der Waals surface area contributed by atoms with Gasteiger partial charge < -0.3 is 10.2 Å². The van der Waals surface area contributed by atoms with Crippen LogP contribution in [-0.4, -0.2) is 42.6 Å². The molecule has 2 aromatic carbocycles. The van der Waals surface area contributed by atoms with Gasteiger partial charge in [0.15, 0.2) is 0 Å². The number of benzene rings is 2. The molecule has 0 saturated carbocycles. The molecular formula is C20H22N2O2S. The van der Waals surface area contributed by atoms with Crippen LogP contribution >= 0.6 is 11.8 Å². The van der Waals surface area contributed by atoms with E-state index in [1.165, 1.54) is 4.90 Å². The second-order valence-electron chi connectivity index (χ2n) is 6.08. The van der Waals surface area contributed by atoms with Gasteiger partial charge in [-0.15, -0.1) is 11.8 Å². The molecule has 1 heterocycles. The summed E-state index contributed by atoms with van der Waals surface area (Å²) >= 11 is 1.70. The lowest BCUT2D eigenvalue weighted by molar-refractivity contribution is -0.129. The molecule has 5 heteroatoms. The molecule has 0 aromatic heterocycles. The first kappa shape index (κ1) is 17.5. The van der Waals surface area contributed by atoms with Crippen molar-refractivity contribution in [3.63, 3.8) is 0 Å². The van der Waals surface area contributed by atoms with Crippen LogP contribution in [0.1, 0.15) is 23.2 Å². The van der Waals surface area contributed by atoms with Gasteiger partial charge in [-0.2, -0.15) is 0 Å². The van der Waals surface area contributed by atoms with E-state index in [0.29, 0.717) is 5.56 Å². The Kier molecular flexibility index (Phi) is 5.76. The Balaban J connectivity index is 1.65. The summed E-state index contributed by atoms with van der Waals surface area (Å²) in [4.78, 5) is 27.4. The average molecular weight is 354 g/mol. The van der Waals surface area contributed by atoms with E-state index in [1.807, 2.05) is 29.4 Å². The van der Waals surface area contributed by atoms with E-state index in [2.05, 4.69) is 29.6 Å². The second-order valence-corrected chi connectivity index (χ2v) is 6.96. The molecule has 2 aromatic rings. The molecule has 2 amide bonds. The Morgan fingerprint density at radius 2 is 1.76 bits per heavy atom. The zero-order chi connectivity index (χ0) is 17.6. The van der Waals surface area contributed by atoms with Crippen LogP contribution in [0.25, 0.3) is 11.1 Å². The SMILES string of the molecule is CSc1ccc(-c2cccc(C(=O)NCC(=O)N3CCCC3)c2)cc1. The van der Waals surface area contributed by atoms with Crippen molar-refractivity contribution in [2.24, 2.45) is 0 Å². The summed E-state index contributed by atoms with van der Waals surface area (Å²) in [7, 11) is 0. The minimum absolute atomic E-state index is 0.00495. The number of hydrogen-bond donors (Lipinski definition) is 1. The molecule has 4 nitrogen and oxygen atoms in total. The second kappa shape index (κ2) is 8.21. The van der Waals surface area contributed by atoms with Gasteiger partial charge in [0.25, 0.3) is 5.91 Å². The number of hydrogen-bond acceptors (Lipinski definition) is 3. The first-order chi connectivity index (χ1) is 12.2. The normalized spacial score (nSPS) is 13.7. The quantitative estimate of drug-likeness (QED) is 0.837. The third kappa shape index (κ3) is 4.42. The highest BCUT2D eigenvalue weighted by Gasteiger charge is 2.18. The molecule has 0 radical (unpaired) electrons. The summed E-state index contributed by atoms with van der Waals surface area (Å²) in [6.45, 7) is 1.66. The summed E-state index contributed by atoms with van der Waals surface area (Å²) < 4.78 is 0. The van der Waals surface area contributed by atoms with Crippen molar-refractivity contribution in [2.75, 3.05) is 25.9 Å². The molecule has 0 aliphatic carbocycles. The minimum Gasteiger partial charge on any atom is -0.343 e. The van der Waals surface area contributed by atoms with Crippen LogP contribution in [-0.2, 0) is 4.79 Å². The number of nitrogens with one attached hydrogen (secondary N) is 1. The summed E-state index contributed by atoms with van der Waals surface area (Å²) in [5.41, 5.74) is 2.63. The van der Waals surface area contributed by atoms with Gasteiger partial charge in [-0.05, 0) is 54.5 Å². The van der Waals surface area contributed by atoms with Gasteiger partial charge in [-0.1, -0.05) is 24.3 Å². The minimum atomic E-state index is -0.213. The maximum Gasteiger partial charge on any atom is 0.251 e. The lowest BCUT2D eigenvalue weighted by atomic mass is 10.0. The lowest BCUT2D eigenvalue weighted by Gasteiger charge is -2.15. The number of thioether (sulfide) groups is 1. The lowest BCUT2D eigenvalue weighted by Crippen LogP contribution is -2.38. The van der Waals surface area contributed by atoms with Gasteiger partial charge in [0, 0.05) is 23.5 Å². The predicted molar refractivity (Wildman–Crippen MR) is 102 cm³/mol. The third-order valence-corrected chi connectivity index (χ3v) is 5.15. The van der Waals surface area contributed by atoms with E-state index in [1.54, 1.807) is 17.8 Å². The highest BCUT2D eigenvalue weighted by Crippen LogP contribution is 2.23. The van der Waals surface area contributed by atoms with Crippen molar-refractivity contribution < 1.29 is 9.59 Å². The Morgan fingerprint density at radius 3 is 2.44 bits per heavy atom. The Bertz CT molecular complexity index is 753. The number of likely N-dealkylation sites (tertiary alicyclic amines) is 1. The molecule has 0 atom stereocenters. The topological polar surface area (TPSA) is 49.4 Å². The summed E-state index contributed by atoms with van der Waals surface area (Å²) in [6, 6.07) is 15.7. The number of amides is 2. The molecule has 0 bridgehead atoms. The van der Waals surface area contributed by atoms with E-state index < -0.39 is 0 Å². The molecule has 1 fully saturated rings. The molecule has 1 saturated heterocycles. The smallest absolute Gasteiger partial charge is 0.251 e. The van der Waals surface area contributed by atoms with Crippen LogP contribution in [0.2, 0.25) is 0 Å². The molecule has 1 N–H and O–H groups in total. The molecule has 0 spiro atoms. The average Bonchev–Trinajstić information content (AvgIpc) is 3.21. The number of carbonyl (C=O) groups excluding carboxylic acids is 2. The third-order valence-electron chi connectivity index (χ3n) is 4.41. The van der Waals surface area contributed by atoms with Gasteiger partial charge in [0.05, 0.1) is 6.54 Å². The largest absolute Gasteiger partial charge is 0.343 e. The summed E-state index contributed by atoms with van der Waals surface area (Å²) in [5, 5.41) is 2.74. The van der Waals surface area contributed by atoms with Crippen molar-refractivity contribution in [3.8, 4) is 11.1 Å². The Morgan fingerprint density at radius 1 is 1.04 bits per heavy atom. The number of carbonyl (C=O) groups is 2. The standard InChI is InChI=1S/C20H22N2O2S/c1-25-18-9-7-15(8-10-18)16-5-4-6-17(13-16)20(24)21-14-19(23)22-11-2-3-12-22/h4-10,13H,2-3,11-12,14H2,1H3,(H,21,24). The fourth-order valence-corrected chi connectivity index (χ4v) is 3.37. The van der Waals surface area contributed by atoms with Gasteiger partial charge in [0.2, 0.25) is 5.91 Å². The monoisotopic (exact) mass is 354 g/mol. The highest BCUT2D eigenvalue weighted by atomic mass is 32.2. The van der Waals surface area contributed by atoms with Gasteiger partial charge in [-0.3, -0.25) is 9.59 Å². The van der Waals surface area contributed by atoms with Crippen LogP contribution in [0.3, 0.4) is 0 Å². The molecule has 130 valence electrons. The summed E-state index contributed by atoms with van der Waals surface area (Å²) in [5.74, 6) is -0.218. The van der Waals surface area contributed by atoms with Crippen LogP contribution in [0.15, 0.2) is 53.4 Å². The van der Waals surface area contributed by atoms with Crippen molar-refractivity contribution in [3.05, 3.63) is 54.1 Å². The fraction of sp³-hybridized carbons (Fsp3) is 0.300. The van der Waals surface area contributed by atoms with Crippen LogP contribution in [0.4, 0.5) is 0 Å². The Hall–Kier alpha value is -2.27. The first-order valence-electron chi connectivity index (χ1n) is 8.48. The number of nitrogens with zero attached hydrogens (tertiary/aromatic N) is 1. The van der Waals surface area contributed by atoms with Crippen molar-refractivity contribution in [1.82, 2.24) is 10.2 Å². The maximum atomic E-state index is 12.4. The van der Waals surface area contributed by atoms with Gasteiger partial charge in [0.1, 0.15) is 0 Å².